The molecule has 0 saturated heterocycles. The molecule has 7 N–H and O–H groups in total. The quantitative estimate of drug-likeness (QED) is 0.386. The first-order valence-corrected chi connectivity index (χ1v) is 9.33. The average molecular weight is 405 g/mol. The lowest BCUT2D eigenvalue weighted by atomic mass is 10.00. The van der Waals surface area contributed by atoms with Gasteiger partial charge in [0.1, 0.15) is 0 Å². The highest BCUT2D eigenvalue weighted by atomic mass is 31.2. The van der Waals surface area contributed by atoms with Gasteiger partial charge in [-0.3, -0.25) is 9.13 Å². The van der Waals surface area contributed by atoms with Crippen LogP contribution in [0.3, 0.4) is 0 Å². The first-order chi connectivity index (χ1) is 10.7. The highest BCUT2D eigenvalue weighted by molar-refractivity contribution is 7.53. The highest BCUT2D eigenvalue weighted by Crippen LogP contribution is 2.62. The van der Waals surface area contributed by atoms with Gasteiger partial charge >= 0.3 is 26.5 Å². The van der Waals surface area contributed by atoms with Gasteiger partial charge in [0.25, 0.3) is 0 Å². The van der Waals surface area contributed by atoms with Crippen LogP contribution in [0, 0.1) is 0 Å². The number of rotatable bonds is 4. The minimum atomic E-state index is -5.96. The fourth-order valence-electron chi connectivity index (χ4n) is 2.15. The van der Waals surface area contributed by atoms with E-state index in [-0.39, 0.29) is 6.15 Å². The van der Waals surface area contributed by atoms with Gasteiger partial charge in [0.2, 0.25) is 0 Å². The minimum Gasteiger partial charge on any atom is -0.344 e. The fourth-order valence-corrected chi connectivity index (χ4v) is 3.17. The molecule has 25 heavy (non-hydrogen) atoms. The molecule has 2 aromatic rings. The van der Waals surface area contributed by atoms with Crippen molar-refractivity contribution in [1.29, 1.82) is 0 Å². The number of alkyl halides is 4. The molecule has 0 aliphatic heterocycles. The Kier molecular flexibility index (Phi) is 5.60. The van der Waals surface area contributed by atoms with Crippen molar-refractivity contribution in [3.8, 4) is 0 Å². The first kappa shape index (κ1) is 21.7. The second kappa shape index (κ2) is 6.44. The van der Waals surface area contributed by atoms with E-state index in [1.807, 2.05) is 0 Å². The van der Waals surface area contributed by atoms with Crippen LogP contribution in [0.15, 0.2) is 36.4 Å². The summed E-state index contributed by atoms with van der Waals surface area (Å²) in [6, 6.07) is 4.74. The Morgan fingerprint density at radius 3 is 1.20 bits per heavy atom. The van der Waals surface area contributed by atoms with E-state index in [1.54, 1.807) is 0 Å². The summed E-state index contributed by atoms with van der Waals surface area (Å²) >= 11 is 0. The maximum absolute atomic E-state index is 14.0. The normalized spacial score (nSPS) is 13.6. The lowest BCUT2D eigenvalue weighted by molar-refractivity contribution is 0.0566. The monoisotopic (exact) mass is 405 g/mol. The third kappa shape index (κ3) is 3.50. The Labute approximate surface area is 138 Å². The summed E-state index contributed by atoms with van der Waals surface area (Å²) in [6.45, 7) is 0. The van der Waals surface area contributed by atoms with E-state index in [4.69, 9.17) is 19.6 Å². The third-order valence-corrected chi connectivity index (χ3v) is 5.25. The van der Waals surface area contributed by atoms with Gasteiger partial charge in [-0.15, -0.1) is 0 Å². The van der Waals surface area contributed by atoms with Crippen molar-refractivity contribution in [2.75, 3.05) is 0 Å². The molecule has 13 heteroatoms. The van der Waals surface area contributed by atoms with E-state index in [0.717, 1.165) is 24.3 Å². The molecule has 0 fully saturated rings. The summed E-state index contributed by atoms with van der Waals surface area (Å²) in [5.41, 5.74) is -11.8. The molecule has 0 heterocycles. The van der Waals surface area contributed by atoms with Crippen molar-refractivity contribution >= 4 is 26.0 Å². The smallest absolute Gasteiger partial charge is 0.344 e. The number of halogens is 4. The van der Waals surface area contributed by atoms with Gasteiger partial charge in [0.15, 0.2) is 0 Å². The maximum atomic E-state index is 14.0. The Hall–Kier alpha value is -1.32. The minimum absolute atomic E-state index is 0. The lowest BCUT2D eigenvalue weighted by Crippen LogP contribution is -2.16. The van der Waals surface area contributed by atoms with Crippen LogP contribution in [-0.2, 0) is 20.5 Å². The van der Waals surface area contributed by atoms with E-state index in [9.17, 15) is 26.7 Å². The van der Waals surface area contributed by atoms with E-state index >= 15 is 0 Å². The van der Waals surface area contributed by atoms with Crippen LogP contribution < -0.4 is 6.15 Å². The molecule has 0 aliphatic rings. The van der Waals surface area contributed by atoms with E-state index in [1.165, 1.54) is 0 Å². The standard InChI is InChI=1S/C12H10F4O6P2.H3N/c13-11(14,23(17,18)19)9-5-1-3-7-8(9)4-2-6-10(7)12(15,16)24(20,21)22;/h1-6H,(H2,17,18,19)(H2,20,21,22);1H3. The molecule has 0 aromatic heterocycles. The molecule has 0 aliphatic carbocycles. The number of benzene rings is 2. The van der Waals surface area contributed by atoms with Crippen LogP contribution in [0.1, 0.15) is 11.1 Å². The number of hydrogen-bond donors (Lipinski definition) is 5. The van der Waals surface area contributed by atoms with Gasteiger partial charge in [0, 0.05) is 11.1 Å². The van der Waals surface area contributed by atoms with Gasteiger partial charge in [-0.1, -0.05) is 36.4 Å². The van der Waals surface area contributed by atoms with Gasteiger partial charge in [-0.2, -0.15) is 17.6 Å². The third-order valence-electron chi connectivity index (χ3n) is 3.30. The van der Waals surface area contributed by atoms with Crippen LogP contribution in [0.2, 0.25) is 0 Å². The summed E-state index contributed by atoms with van der Waals surface area (Å²) in [7, 11) is -11.9. The molecule has 7 nitrogen and oxygen atoms in total. The van der Waals surface area contributed by atoms with E-state index in [2.05, 4.69) is 0 Å². The van der Waals surface area contributed by atoms with Gasteiger partial charge in [-0.05, 0) is 10.8 Å². The molecule has 0 spiro atoms. The SMILES string of the molecule is N.O=P(O)(O)C(F)(F)c1cccc2c(C(F)(F)P(=O)(O)O)cccc12. The largest absolute Gasteiger partial charge is 0.399 e. The molecular weight excluding hydrogens is 392 g/mol. The summed E-state index contributed by atoms with van der Waals surface area (Å²) in [6.07, 6.45) is 0. The van der Waals surface area contributed by atoms with E-state index < -0.39 is 48.4 Å². The zero-order valence-electron chi connectivity index (χ0n) is 12.2. The van der Waals surface area contributed by atoms with Crippen molar-refractivity contribution in [3.05, 3.63) is 47.5 Å². The summed E-state index contributed by atoms with van der Waals surface area (Å²) in [5, 5.41) is -1.31. The van der Waals surface area contributed by atoms with Gasteiger partial charge in [0.05, 0.1) is 0 Å². The van der Waals surface area contributed by atoms with Gasteiger partial charge in [-0.25, -0.2) is 0 Å². The van der Waals surface area contributed by atoms with Gasteiger partial charge < -0.3 is 25.7 Å². The molecule has 140 valence electrons. The molecule has 0 radical (unpaired) electrons. The second-order valence-electron chi connectivity index (χ2n) is 4.88. The summed E-state index contributed by atoms with van der Waals surface area (Å²) in [4.78, 5) is 35.2. The molecule has 2 rings (SSSR count). The Morgan fingerprint density at radius 2 is 0.960 bits per heavy atom. The van der Waals surface area contributed by atoms with Crippen molar-refractivity contribution in [1.82, 2.24) is 6.15 Å². The molecule has 2 aromatic carbocycles. The van der Waals surface area contributed by atoms with Crippen LogP contribution in [-0.4, -0.2) is 19.6 Å². The number of fused-ring (bicyclic) bond motifs is 1. The Balaban J connectivity index is 0.00000312. The predicted octanol–water partition coefficient (Wildman–Crippen LogP) is 3.46. The zero-order valence-corrected chi connectivity index (χ0v) is 14.0. The maximum Gasteiger partial charge on any atom is 0.399 e. The van der Waals surface area contributed by atoms with Crippen LogP contribution >= 0.6 is 15.2 Å². The molecule has 0 amide bonds. The van der Waals surface area contributed by atoms with Crippen molar-refractivity contribution in [2.45, 2.75) is 11.3 Å². The Morgan fingerprint density at radius 1 is 0.680 bits per heavy atom. The zero-order chi connectivity index (χ0) is 18.6. The fraction of sp³-hybridized carbons (Fsp3) is 0.167. The van der Waals surface area contributed by atoms with Crippen molar-refractivity contribution < 1.29 is 46.3 Å². The van der Waals surface area contributed by atoms with E-state index in [0.29, 0.717) is 12.1 Å². The summed E-state index contributed by atoms with van der Waals surface area (Å²) < 4.78 is 77.8. The van der Waals surface area contributed by atoms with Crippen LogP contribution in [0.4, 0.5) is 17.6 Å². The van der Waals surface area contributed by atoms with Crippen LogP contribution in [0.5, 0.6) is 0 Å². The highest BCUT2D eigenvalue weighted by Gasteiger charge is 2.53. The molecule has 0 unspecified atom stereocenters. The number of hydrogen-bond acceptors (Lipinski definition) is 3. The molecule has 0 bridgehead atoms. The molecule has 0 saturated carbocycles. The topological polar surface area (TPSA) is 150 Å². The predicted molar refractivity (Wildman–Crippen MR) is 80.8 cm³/mol. The first-order valence-electron chi connectivity index (χ1n) is 6.11. The second-order valence-corrected chi connectivity index (χ2v) is 8.18. The van der Waals surface area contributed by atoms with Crippen LogP contribution in [0.25, 0.3) is 10.8 Å². The van der Waals surface area contributed by atoms with Crippen molar-refractivity contribution in [3.63, 3.8) is 0 Å². The average Bonchev–Trinajstić information content (AvgIpc) is 2.43. The lowest BCUT2D eigenvalue weighted by Gasteiger charge is -2.23. The van der Waals surface area contributed by atoms with Crippen molar-refractivity contribution in [2.24, 2.45) is 0 Å². The summed E-state index contributed by atoms with van der Waals surface area (Å²) in [5.74, 6) is 0. The Bertz CT molecular complexity index is 821. The molecule has 0 atom stereocenters. The molecular formula is C12H13F4NO6P2.